The predicted octanol–water partition coefficient (Wildman–Crippen LogP) is 3.12. The highest BCUT2D eigenvalue weighted by atomic mass is 35.5. The summed E-state index contributed by atoms with van der Waals surface area (Å²) in [6, 6.07) is 7.27. The van der Waals surface area contributed by atoms with Crippen molar-refractivity contribution in [2.75, 3.05) is 30.4 Å². The molecule has 4 rings (SSSR count). The number of nitrogens with zero attached hydrogens (tertiary/aromatic N) is 3. The van der Waals surface area contributed by atoms with Crippen LogP contribution in [0.15, 0.2) is 47.5 Å². The van der Waals surface area contributed by atoms with Crippen LogP contribution in [0.25, 0.3) is 11.1 Å². The van der Waals surface area contributed by atoms with Gasteiger partial charge in [-0.05, 0) is 37.3 Å². The molecule has 0 unspecified atom stereocenters. The average Bonchev–Trinajstić information content (AvgIpc) is 3.18. The van der Waals surface area contributed by atoms with Crippen molar-refractivity contribution in [3.05, 3.63) is 69.5 Å². The minimum Gasteiger partial charge on any atom is -0.392 e. The number of aliphatic hydroxyl groups excluding tert-OH is 1. The van der Waals surface area contributed by atoms with Crippen molar-refractivity contribution in [3.63, 3.8) is 0 Å². The first-order valence-corrected chi connectivity index (χ1v) is 10.8. The zero-order chi connectivity index (χ0) is 23.7. The van der Waals surface area contributed by atoms with Gasteiger partial charge in [-0.2, -0.15) is 13.5 Å². The van der Waals surface area contributed by atoms with Gasteiger partial charge in [0.25, 0.3) is 11.5 Å². The number of benzene rings is 1. The summed E-state index contributed by atoms with van der Waals surface area (Å²) in [5.41, 5.74) is 1.17. The van der Waals surface area contributed by atoms with Crippen LogP contribution in [0, 0.1) is 5.82 Å². The molecule has 0 fully saturated rings. The quantitative estimate of drug-likeness (QED) is 0.476. The molecule has 8 nitrogen and oxygen atoms in total. The Morgan fingerprint density at radius 1 is 1.24 bits per heavy atom. The Kier molecular flexibility index (Phi) is 7.86. The number of aromatic nitrogens is 2. The Balaban J connectivity index is 0.00000324. The Bertz CT molecular complexity index is 1280. The number of hydrogen-bond donors (Lipinski definition) is 3. The molecule has 2 aromatic heterocycles. The van der Waals surface area contributed by atoms with Crippen molar-refractivity contribution >= 4 is 48.2 Å². The van der Waals surface area contributed by atoms with Crippen molar-refractivity contribution in [3.8, 4) is 11.1 Å². The van der Waals surface area contributed by atoms with Crippen molar-refractivity contribution in [2.45, 2.75) is 19.6 Å². The van der Waals surface area contributed by atoms with Crippen molar-refractivity contribution in [1.29, 1.82) is 0 Å². The molecule has 3 heterocycles. The van der Waals surface area contributed by atoms with Crippen molar-refractivity contribution in [2.24, 2.45) is 0 Å². The van der Waals surface area contributed by atoms with Gasteiger partial charge >= 0.3 is 0 Å². The van der Waals surface area contributed by atoms with Crippen LogP contribution in [-0.2, 0) is 6.54 Å². The summed E-state index contributed by atoms with van der Waals surface area (Å²) < 4.78 is 16.2. The third-order valence-corrected chi connectivity index (χ3v) is 5.63. The van der Waals surface area contributed by atoms with Crippen LogP contribution in [0.4, 0.5) is 21.6 Å². The van der Waals surface area contributed by atoms with Gasteiger partial charge in [-0.3, -0.25) is 19.1 Å². The van der Waals surface area contributed by atoms with Gasteiger partial charge in [0.2, 0.25) is 0 Å². The molecular formula is C23H25ClFN5O3S. The molecule has 1 aliphatic rings. The van der Waals surface area contributed by atoms with E-state index in [1.807, 2.05) is 11.9 Å². The highest BCUT2D eigenvalue weighted by Crippen LogP contribution is 2.35. The summed E-state index contributed by atoms with van der Waals surface area (Å²) in [6.45, 7) is 2.70. The topological polar surface area (TPSA) is 99.5 Å². The Morgan fingerprint density at radius 2 is 2.00 bits per heavy atom. The number of nitrogens with one attached hydrogen (secondary N) is 2. The molecule has 0 bridgehead atoms. The van der Waals surface area contributed by atoms with Crippen molar-refractivity contribution < 1.29 is 14.3 Å². The number of hydrogen-bond acceptors (Lipinski definition) is 6. The number of anilines is 3. The lowest BCUT2D eigenvalue weighted by atomic mass is 10.1. The third-order valence-electron chi connectivity index (χ3n) is 5.39. The first-order valence-electron chi connectivity index (χ1n) is 10.4. The summed E-state index contributed by atoms with van der Waals surface area (Å²) in [4.78, 5) is 31.8. The number of aliphatic hydroxyl groups is 1. The Hall–Kier alpha value is -3.08. The minimum atomic E-state index is -0.699. The average molecular weight is 506 g/mol. The molecule has 3 N–H and O–H groups in total. The van der Waals surface area contributed by atoms with Gasteiger partial charge in [0.15, 0.2) is 0 Å². The summed E-state index contributed by atoms with van der Waals surface area (Å²) in [5, 5.41) is 15.7. The minimum absolute atomic E-state index is 0. The molecular weight excluding hydrogens is 481 g/mol. The van der Waals surface area contributed by atoms with Crippen LogP contribution < -0.4 is 21.1 Å². The molecule has 1 atom stereocenters. The van der Waals surface area contributed by atoms with Gasteiger partial charge in [-0.1, -0.05) is 11.6 Å². The number of carbonyl (C=O) groups excluding carboxylic acids is 1. The molecule has 11 heteroatoms. The van der Waals surface area contributed by atoms with Gasteiger partial charge in [0, 0.05) is 49.7 Å². The summed E-state index contributed by atoms with van der Waals surface area (Å²) >= 11 is 6.07. The number of likely N-dealkylation sites (N-methyl/N-ethyl adjacent to an activating group) is 1. The molecule has 1 amide bonds. The maximum atomic E-state index is 14.6. The summed E-state index contributed by atoms with van der Waals surface area (Å²) in [7, 11) is 1.85. The molecule has 1 aromatic carbocycles. The molecule has 0 saturated carbocycles. The molecule has 1 aliphatic heterocycles. The molecule has 180 valence electrons. The number of pyridine rings is 2. The SMILES string of the molecule is C[C@H](O)CNC(=O)c1cnccc1Nc1cc(-c2cc(Cl)ccc2F)c(=O)n2c1N(C)CC2.S. The number of carbonyl (C=O) groups is 1. The van der Waals surface area contributed by atoms with E-state index in [-0.39, 0.29) is 42.3 Å². The van der Waals surface area contributed by atoms with E-state index in [2.05, 4.69) is 15.6 Å². The van der Waals surface area contributed by atoms with E-state index in [4.69, 9.17) is 11.6 Å². The highest BCUT2D eigenvalue weighted by molar-refractivity contribution is 7.59. The maximum absolute atomic E-state index is 14.6. The van der Waals surface area contributed by atoms with Crippen LogP contribution in [0.3, 0.4) is 0 Å². The standard InChI is InChI=1S/C23H23ClFN5O3.H2S/c1-13(31)11-27-21(32)17-12-26-6-5-19(17)28-20-10-16(15-9-14(24)3-4-18(15)25)23(33)30-8-7-29(2)22(20)30;/h3-6,9-10,12-13,31H,7-8,11H2,1-2H3,(H,26,28)(H,27,32);1H2/t13-;/m0./s1. The van der Waals surface area contributed by atoms with Crippen LogP contribution in [0.2, 0.25) is 5.02 Å². The van der Waals surface area contributed by atoms with Crippen LogP contribution in [-0.4, -0.2) is 46.8 Å². The fourth-order valence-electron chi connectivity index (χ4n) is 3.79. The lowest BCUT2D eigenvalue weighted by Crippen LogP contribution is -2.31. The number of rotatable bonds is 6. The zero-order valence-corrected chi connectivity index (χ0v) is 20.4. The monoisotopic (exact) mass is 505 g/mol. The van der Waals surface area contributed by atoms with E-state index in [1.54, 1.807) is 23.6 Å². The predicted molar refractivity (Wildman–Crippen MR) is 136 cm³/mol. The van der Waals surface area contributed by atoms with Gasteiger partial charge < -0.3 is 20.6 Å². The molecule has 34 heavy (non-hydrogen) atoms. The molecule has 3 aromatic rings. The van der Waals surface area contributed by atoms with E-state index in [0.29, 0.717) is 35.3 Å². The van der Waals surface area contributed by atoms with E-state index in [1.165, 1.54) is 30.6 Å². The van der Waals surface area contributed by atoms with Gasteiger partial charge in [0.05, 0.1) is 28.6 Å². The van der Waals surface area contributed by atoms with Gasteiger partial charge in [-0.25, -0.2) is 4.39 Å². The van der Waals surface area contributed by atoms with Crippen molar-refractivity contribution in [1.82, 2.24) is 14.9 Å². The summed E-state index contributed by atoms with van der Waals surface area (Å²) in [6.07, 6.45) is 2.25. The first-order chi connectivity index (χ1) is 15.8. The Morgan fingerprint density at radius 3 is 2.74 bits per heavy atom. The lowest BCUT2D eigenvalue weighted by molar-refractivity contribution is 0.0924. The summed E-state index contributed by atoms with van der Waals surface area (Å²) in [5.74, 6) is -0.347. The van der Waals surface area contributed by atoms with Crippen LogP contribution >= 0.6 is 25.1 Å². The van der Waals surface area contributed by atoms with E-state index >= 15 is 0 Å². The van der Waals surface area contributed by atoms with Crippen LogP contribution in [0.1, 0.15) is 17.3 Å². The second kappa shape index (κ2) is 10.5. The van der Waals surface area contributed by atoms with E-state index in [0.717, 1.165) is 0 Å². The molecule has 0 spiro atoms. The number of amides is 1. The maximum Gasteiger partial charge on any atom is 0.260 e. The van der Waals surface area contributed by atoms with Gasteiger partial charge in [0.1, 0.15) is 11.6 Å². The second-order valence-corrected chi connectivity index (χ2v) is 8.34. The molecule has 0 radical (unpaired) electrons. The number of halogens is 2. The molecule has 0 saturated heterocycles. The van der Waals surface area contributed by atoms with Crippen LogP contribution in [0.5, 0.6) is 0 Å². The fourth-order valence-corrected chi connectivity index (χ4v) is 3.96. The first kappa shape index (κ1) is 25.5. The van der Waals surface area contributed by atoms with E-state index in [9.17, 15) is 19.1 Å². The second-order valence-electron chi connectivity index (χ2n) is 7.90. The zero-order valence-electron chi connectivity index (χ0n) is 18.6. The Labute approximate surface area is 207 Å². The third kappa shape index (κ3) is 5.03. The normalized spacial score (nSPS) is 13.1. The lowest BCUT2D eigenvalue weighted by Gasteiger charge is -2.20. The van der Waals surface area contributed by atoms with Gasteiger partial charge in [-0.15, -0.1) is 0 Å². The molecule has 0 aliphatic carbocycles. The smallest absolute Gasteiger partial charge is 0.260 e. The largest absolute Gasteiger partial charge is 0.392 e. The number of fused-ring (bicyclic) bond motifs is 1. The highest BCUT2D eigenvalue weighted by Gasteiger charge is 2.25. The fraction of sp³-hybridized carbons (Fsp3) is 0.261. The van der Waals surface area contributed by atoms with E-state index < -0.39 is 17.8 Å².